The molecule has 0 saturated heterocycles. The van der Waals surface area contributed by atoms with E-state index >= 15 is 0 Å². The van der Waals surface area contributed by atoms with Crippen LogP contribution < -0.4 is 0 Å². The van der Waals surface area contributed by atoms with Crippen LogP contribution in [0.3, 0.4) is 0 Å². The molecule has 1 N–H and O–H groups in total. The molecule has 0 radical (unpaired) electrons. The lowest BCUT2D eigenvalue weighted by Crippen LogP contribution is -2.23. The van der Waals surface area contributed by atoms with Gasteiger partial charge in [-0.2, -0.15) is 0 Å². The van der Waals surface area contributed by atoms with Crippen molar-refractivity contribution in [1.29, 1.82) is 0 Å². The van der Waals surface area contributed by atoms with Gasteiger partial charge in [0.15, 0.2) is 0 Å². The summed E-state index contributed by atoms with van der Waals surface area (Å²) in [5.74, 6) is -1.19. The van der Waals surface area contributed by atoms with Gasteiger partial charge in [-0.1, -0.05) is 44.0 Å². The Kier molecular flexibility index (Phi) is 7.09. The number of ether oxygens (including phenoxy) is 1. The van der Waals surface area contributed by atoms with E-state index in [2.05, 4.69) is 6.92 Å². The van der Waals surface area contributed by atoms with Crippen LogP contribution in [-0.2, 0) is 10.3 Å². The van der Waals surface area contributed by atoms with Crippen LogP contribution in [0.4, 0.5) is 8.78 Å². The number of hydrogen-bond donors (Lipinski definition) is 1. The van der Waals surface area contributed by atoms with Crippen molar-refractivity contribution in [1.82, 2.24) is 0 Å². The number of hydrogen-bond acceptors (Lipinski definition) is 2. The van der Waals surface area contributed by atoms with Gasteiger partial charge in [-0.05, 0) is 36.6 Å². The number of benzene rings is 2. The molecule has 2 aromatic carbocycles. The first kappa shape index (κ1) is 19.5. The first-order valence-electron chi connectivity index (χ1n) is 8.80. The van der Waals surface area contributed by atoms with Gasteiger partial charge in [0.05, 0.1) is 5.60 Å². The third-order valence-electron chi connectivity index (χ3n) is 4.37. The molecule has 0 spiro atoms. The Balaban J connectivity index is 1.98. The van der Waals surface area contributed by atoms with Crippen molar-refractivity contribution in [2.75, 3.05) is 13.2 Å². The molecule has 25 heavy (non-hydrogen) atoms. The van der Waals surface area contributed by atoms with Crippen LogP contribution in [0.5, 0.6) is 0 Å². The Hall–Kier alpha value is -1.78. The number of unbranched alkanes of at least 4 members (excludes halogenated alkanes) is 2. The third-order valence-corrected chi connectivity index (χ3v) is 4.37. The lowest BCUT2D eigenvalue weighted by Gasteiger charge is -2.24. The van der Waals surface area contributed by atoms with Gasteiger partial charge in [0.1, 0.15) is 11.6 Å². The van der Waals surface area contributed by atoms with Crippen LogP contribution >= 0.6 is 0 Å². The van der Waals surface area contributed by atoms with Gasteiger partial charge >= 0.3 is 0 Å². The SMILES string of the molecule is CCCCCOCCC(C)(O)c1ccc(-c2ccc(F)cc2F)cc1. The van der Waals surface area contributed by atoms with Gasteiger partial charge in [-0.25, -0.2) is 8.78 Å². The molecule has 2 nitrogen and oxygen atoms in total. The molecular formula is C21H26F2O2. The number of aliphatic hydroxyl groups is 1. The minimum atomic E-state index is -1.01. The lowest BCUT2D eigenvalue weighted by atomic mass is 9.91. The molecule has 0 aliphatic carbocycles. The van der Waals surface area contributed by atoms with E-state index in [0.29, 0.717) is 30.8 Å². The maximum atomic E-state index is 13.9. The average Bonchev–Trinajstić information content (AvgIpc) is 2.58. The fraction of sp³-hybridized carbons (Fsp3) is 0.429. The molecule has 1 atom stereocenters. The van der Waals surface area contributed by atoms with Crippen molar-refractivity contribution in [2.45, 2.75) is 45.1 Å². The Bertz CT molecular complexity index is 666. The molecular weight excluding hydrogens is 322 g/mol. The van der Waals surface area contributed by atoms with Crippen LogP contribution in [0, 0.1) is 11.6 Å². The Morgan fingerprint density at radius 1 is 1.00 bits per heavy atom. The normalized spacial score (nSPS) is 13.6. The molecule has 0 aliphatic heterocycles. The van der Waals surface area contributed by atoms with Crippen molar-refractivity contribution < 1.29 is 18.6 Å². The second-order valence-electron chi connectivity index (χ2n) is 6.54. The minimum Gasteiger partial charge on any atom is -0.385 e. The van der Waals surface area contributed by atoms with E-state index < -0.39 is 17.2 Å². The van der Waals surface area contributed by atoms with E-state index in [9.17, 15) is 13.9 Å². The van der Waals surface area contributed by atoms with Crippen LogP contribution in [-0.4, -0.2) is 18.3 Å². The molecule has 2 rings (SSSR count). The highest BCUT2D eigenvalue weighted by Gasteiger charge is 2.22. The van der Waals surface area contributed by atoms with Crippen molar-refractivity contribution >= 4 is 0 Å². The van der Waals surface area contributed by atoms with Crippen LogP contribution in [0.15, 0.2) is 42.5 Å². The maximum absolute atomic E-state index is 13.9. The molecule has 1 unspecified atom stereocenters. The van der Waals surface area contributed by atoms with Gasteiger partial charge < -0.3 is 9.84 Å². The molecule has 0 saturated carbocycles. The molecule has 136 valence electrons. The maximum Gasteiger partial charge on any atom is 0.133 e. The number of halogens is 2. The zero-order chi connectivity index (χ0) is 18.3. The zero-order valence-corrected chi connectivity index (χ0v) is 14.9. The van der Waals surface area contributed by atoms with Gasteiger partial charge in [-0.3, -0.25) is 0 Å². The second kappa shape index (κ2) is 9.07. The molecule has 0 fully saturated rings. The van der Waals surface area contributed by atoms with E-state index in [1.54, 1.807) is 31.2 Å². The highest BCUT2D eigenvalue weighted by molar-refractivity contribution is 5.64. The first-order valence-corrected chi connectivity index (χ1v) is 8.80. The van der Waals surface area contributed by atoms with Crippen molar-refractivity contribution in [3.05, 3.63) is 59.7 Å². The standard InChI is InChI=1S/C21H26F2O2/c1-3-4-5-13-25-14-12-21(2,24)17-8-6-16(7-9-17)19-11-10-18(22)15-20(19)23/h6-11,15,24H,3-5,12-14H2,1-2H3. The molecule has 0 aromatic heterocycles. The van der Waals surface area contributed by atoms with Gasteiger partial charge in [0, 0.05) is 31.3 Å². The molecule has 2 aromatic rings. The van der Waals surface area contributed by atoms with Gasteiger partial charge in [-0.15, -0.1) is 0 Å². The number of rotatable bonds is 9. The molecule has 4 heteroatoms. The van der Waals surface area contributed by atoms with Gasteiger partial charge in [0.2, 0.25) is 0 Å². The first-order chi connectivity index (χ1) is 11.9. The van der Waals surface area contributed by atoms with Crippen LogP contribution in [0.25, 0.3) is 11.1 Å². The fourth-order valence-corrected chi connectivity index (χ4v) is 2.70. The lowest BCUT2D eigenvalue weighted by molar-refractivity contribution is 0.0102. The summed E-state index contributed by atoms with van der Waals surface area (Å²) in [5, 5.41) is 10.6. The smallest absolute Gasteiger partial charge is 0.133 e. The molecule has 0 aliphatic rings. The van der Waals surface area contributed by atoms with E-state index in [4.69, 9.17) is 4.74 Å². The average molecular weight is 348 g/mol. The fourth-order valence-electron chi connectivity index (χ4n) is 2.70. The summed E-state index contributed by atoms with van der Waals surface area (Å²) in [6, 6.07) is 10.5. The summed E-state index contributed by atoms with van der Waals surface area (Å²) >= 11 is 0. The van der Waals surface area contributed by atoms with E-state index in [1.165, 1.54) is 12.1 Å². The Morgan fingerprint density at radius 3 is 2.36 bits per heavy atom. The summed E-state index contributed by atoms with van der Waals surface area (Å²) in [5.41, 5.74) is 0.723. The molecule has 0 amide bonds. The summed E-state index contributed by atoms with van der Waals surface area (Å²) < 4.78 is 32.4. The van der Waals surface area contributed by atoms with Gasteiger partial charge in [0.25, 0.3) is 0 Å². The second-order valence-corrected chi connectivity index (χ2v) is 6.54. The van der Waals surface area contributed by atoms with E-state index in [0.717, 1.165) is 30.9 Å². The Morgan fingerprint density at radius 2 is 1.72 bits per heavy atom. The summed E-state index contributed by atoms with van der Waals surface area (Å²) in [6.07, 6.45) is 3.83. The largest absolute Gasteiger partial charge is 0.385 e. The predicted octanol–water partition coefficient (Wildman–Crippen LogP) is 5.44. The summed E-state index contributed by atoms with van der Waals surface area (Å²) in [7, 11) is 0. The molecule has 0 bridgehead atoms. The highest BCUT2D eigenvalue weighted by atomic mass is 19.1. The summed E-state index contributed by atoms with van der Waals surface area (Å²) in [4.78, 5) is 0. The topological polar surface area (TPSA) is 29.5 Å². The van der Waals surface area contributed by atoms with Crippen molar-refractivity contribution in [2.24, 2.45) is 0 Å². The zero-order valence-electron chi connectivity index (χ0n) is 14.9. The third kappa shape index (κ3) is 5.62. The van der Waals surface area contributed by atoms with E-state index in [-0.39, 0.29) is 0 Å². The van der Waals surface area contributed by atoms with Crippen LogP contribution in [0.1, 0.15) is 45.1 Å². The summed E-state index contributed by atoms with van der Waals surface area (Å²) in [6.45, 7) is 5.10. The van der Waals surface area contributed by atoms with Crippen LogP contribution in [0.2, 0.25) is 0 Å². The quantitative estimate of drug-likeness (QED) is 0.612. The monoisotopic (exact) mass is 348 g/mol. The highest BCUT2D eigenvalue weighted by Crippen LogP contribution is 2.29. The minimum absolute atomic E-state index is 0.340. The Labute approximate surface area is 148 Å². The van der Waals surface area contributed by atoms with Crippen molar-refractivity contribution in [3.63, 3.8) is 0 Å². The van der Waals surface area contributed by atoms with E-state index in [1.807, 2.05) is 0 Å². The predicted molar refractivity (Wildman–Crippen MR) is 96.3 cm³/mol. The molecule has 0 heterocycles. The van der Waals surface area contributed by atoms with Crippen molar-refractivity contribution in [3.8, 4) is 11.1 Å².